The van der Waals surface area contributed by atoms with Crippen LogP contribution in [0, 0.1) is 5.82 Å². The van der Waals surface area contributed by atoms with Crippen molar-refractivity contribution in [2.45, 2.75) is 56.5 Å². The predicted molar refractivity (Wildman–Crippen MR) is 151 cm³/mol. The number of nitrogens with one attached hydrogen (secondary N) is 1. The fraction of sp³-hybridized carbons (Fsp3) is 0.310. The van der Waals surface area contributed by atoms with Crippen LogP contribution in [0.25, 0.3) is 0 Å². The standard InChI is InChI=1S/C25H22ClF4N3O2.C4H6O6/c1-24(2,16-6-11-22(26)31-14-16)32-20-13-21(15-4-3-5-17(27)12-15)33(23(20)34)18-7-9-19(10-8-18)35-25(28,29)30;5-1(3(7)8)2(6)4(9)10/h3-12,14,20-21,32H,13H2,1-2H3;1-2,5-6H,(H,7,8)(H,9,10)/t20-,21-;1-,2-/m01/s1. The zero-order chi connectivity index (χ0) is 33.7. The van der Waals surface area contributed by atoms with E-state index in [9.17, 15) is 31.9 Å². The van der Waals surface area contributed by atoms with E-state index in [0.29, 0.717) is 22.8 Å². The molecule has 4 rings (SSSR count). The summed E-state index contributed by atoms with van der Waals surface area (Å²) in [6, 6.07) is 13.2. The lowest BCUT2D eigenvalue weighted by molar-refractivity contribution is -0.274. The lowest BCUT2D eigenvalue weighted by atomic mass is 9.93. The molecule has 2 aromatic carbocycles. The molecule has 0 saturated carbocycles. The van der Waals surface area contributed by atoms with E-state index >= 15 is 0 Å². The van der Waals surface area contributed by atoms with E-state index < -0.39 is 59.7 Å². The van der Waals surface area contributed by atoms with Gasteiger partial charge in [0.05, 0.1) is 12.1 Å². The average molecular weight is 658 g/mol. The first kappa shape index (κ1) is 35.2. The van der Waals surface area contributed by atoms with Crippen molar-refractivity contribution >= 4 is 35.1 Å². The van der Waals surface area contributed by atoms with E-state index in [1.54, 1.807) is 24.4 Å². The lowest BCUT2D eigenvalue weighted by Crippen LogP contribution is -2.47. The van der Waals surface area contributed by atoms with Crippen molar-refractivity contribution in [1.82, 2.24) is 10.3 Å². The first-order valence-corrected chi connectivity index (χ1v) is 13.4. The predicted octanol–water partition coefficient (Wildman–Crippen LogP) is 4.02. The molecule has 0 aliphatic carbocycles. The summed E-state index contributed by atoms with van der Waals surface area (Å²) in [6.07, 6.45) is -7.43. The Balaban J connectivity index is 0.000000477. The molecule has 1 saturated heterocycles. The second-order valence-corrected chi connectivity index (χ2v) is 10.7. The number of hydrogen-bond donors (Lipinski definition) is 5. The smallest absolute Gasteiger partial charge is 0.479 e. The molecule has 0 radical (unpaired) electrons. The van der Waals surface area contributed by atoms with Gasteiger partial charge in [-0.2, -0.15) is 0 Å². The Labute approximate surface area is 258 Å². The number of ether oxygens (including phenoxy) is 1. The summed E-state index contributed by atoms with van der Waals surface area (Å²) < 4.78 is 55.6. The van der Waals surface area contributed by atoms with E-state index in [1.807, 2.05) is 19.9 Å². The number of carbonyl (C=O) groups excluding carboxylic acids is 1. The van der Waals surface area contributed by atoms with Gasteiger partial charge < -0.3 is 30.1 Å². The summed E-state index contributed by atoms with van der Waals surface area (Å²) in [5.41, 5.74) is 1.09. The zero-order valence-electron chi connectivity index (χ0n) is 23.6. The number of halogens is 5. The van der Waals surface area contributed by atoms with Crippen LogP contribution in [0.2, 0.25) is 5.15 Å². The van der Waals surface area contributed by atoms with Gasteiger partial charge in [0.15, 0.2) is 12.2 Å². The number of anilines is 1. The number of hydrogen-bond acceptors (Lipinski definition) is 8. The molecule has 1 amide bonds. The number of rotatable bonds is 9. The molecular formula is C29H28ClF4N3O8. The van der Waals surface area contributed by atoms with E-state index in [0.717, 1.165) is 17.7 Å². The van der Waals surface area contributed by atoms with Crippen LogP contribution in [0.1, 0.15) is 37.4 Å². The third kappa shape index (κ3) is 9.34. The Morgan fingerprint density at radius 1 is 1.02 bits per heavy atom. The maximum absolute atomic E-state index is 14.0. The summed E-state index contributed by atoms with van der Waals surface area (Å²) in [6.45, 7) is 3.79. The number of aliphatic hydroxyl groups excluding tert-OH is 2. The Kier molecular flexibility index (Phi) is 11.1. The largest absolute Gasteiger partial charge is 0.573 e. The summed E-state index contributed by atoms with van der Waals surface area (Å²) in [7, 11) is 0. The highest BCUT2D eigenvalue weighted by Crippen LogP contribution is 2.39. The molecule has 1 aliphatic heterocycles. The van der Waals surface area contributed by atoms with E-state index in [-0.39, 0.29) is 5.91 Å². The van der Waals surface area contributed by atoms with Crippen molar-refractivity contribution in [2.24, 2.45) is 0 Å². The van der Waals surface area contributed by atoms with Crippen LogP contribution in [0.4, 0.5) is 23.2 Å². The number of aliphatic carboxylic acids is 2. The molecule has 11 nitrogen and oxygen atoms in total. The van der Waals surface area contributed by atoms with Gasteiger partial charge in [0, 0.05) is 17.4 Å². The van der Waals surface area contributed by atoms with Gasteiger partial charge in [-0.15, -0.1) is 13.2 Å². The molecule has 0 spiro atoms. The van der Waals surface area contributed by atoms with Crippen LogP contribution in [-0.4, -0.2) is 67.9 Å². The lowest BCUT2D eigenvalue weighted by Gasteiger charge is -2.30. The van der Waals surface area contributed by atoms with Crippen LogP contribution in [0.3, 0.4) is 0 Å². The van der Waals surface area contributed by atoms with Gasteiger partial charge in [-0.05, 0) is 73.9 Å². The zero-order valence-corrected chi connectivity index (χ0v) is 24.3. The number of amides is 1. The van der Waals surface area contributed by atoms with Crippen LogP contribution in [0.15, 0.2) is 66.9 Å². The van der Waals surface area contributed by atoms with Crippen LogP contribution in [0.5, 0.6) is 5.75 Å². The summed E-state index contributed by atoms with van der Waals surface area (Å²) >= 11 is 5.89. The number of carboxylic acids is 2. The Bertz CT molecular complexity index is 1490. The second kappa shape index (κ2) is 14.2. The van der Waals surface area contributed by atoms with E-state index in [2.05, 4.69) is 15.0 Å². The molecule has 5 N–H and O–H groups in total. The number of aliphatic hydroxyl groups is 2. The number of alkyl halides is 3. The quantitative estimate of drug-likeness (QED) is 0.167. The molecule has 1 aliphatic rings. The Morgan fingerprint density at radius 3 is 2.11 bits per heavy atom. The normalized spacial score (nSPS) is 18.1. The average Bonchev–Trinajstić information content (AvgIpc) is 3.27. The fourth-order valence-electron chi connectivity index (χ4n) is 4.52. The molecule has 0 unspecified atom stereocenters. The van der Waals surface area contributed by atoms with Crippen LogP contribution < -0.4 is 15.0 Å². The molecule has 45 heavy (non-hydrogen) atoms. The van der Waals surface area contributed by atoms with Crippen LogP contribution in [-0.2, 0) is 19.9 Å². The first-order valence-electron chi connectivity index (χ1n) is 13.1. The fourth-order valence-corrected chi connectivity index (χ4v) is 4.63. The number of benzene rings is 2. The molecule has 2 heterocycles. The van der Waals surface area contributed by atoms with Crippen molar-refractivity contribution in [2.75, 3.05) is 4.90 Å². The van der Waals surface area contributed by atoms with Gasteiger partial charge >= 0.3 is 18.3 Å². The number of aromatic nitrogens is 1. The van der Waals surface area contributed by atoms with Crippen molar-refractivity contribution < 1.29 is 57.1 Å². The molecule has 4 atom stereocenters. The third-order valence-corrected chi connectivity index (χ3v) is 6.90. The third-order valence-electron chi connectivity index (χ3n) is 6.68. The highest BCUT2D eigenvalue weighted by molar-refractivity contribution is 6.29. The molecule has 242 valence electrons. The number of pyridine rings is 1. The van der Waals surface area contributed by atoms with E-state index in [1.165, 1.54) is 29.2 Å². The summed E-state index contributed by atoms with van der Waals surface area (Å²) in [5, 5.41) is 36.2. The molecule has 3 aromatic rings. The highest BCUT2D eigenvalue weighted by Gasteiger charge is 2.43. The van der Waals surface area contributed by atoms with Gasteiger partial charge in [0.25, 0.3) is 0 Å². The SMILES string of the molecule is CC(C)(N[C@H]1C[C@@H](c2cccc(F)c2)N(c2ccc(OC(F)(F)F)cc2)C1=O)c1ccc(Cl)nc1.O=C(O)[C@H](O)[C@@H](O)C(=O)O. The van der Waals surface area contributed by atoms with Gasteiger partial charge in [-0.1, -0.05) is 29.8 Å². The maximum atomic E-state index is 14.0. The molecule has 0 bridgehead atoms. The van der Waals surface area contributed by atoms with Gasteiger partial charge in [0.1, 0.15) is 16.7 Å². The van der Waals surface area contributed by atoms with Crippen molar-refractivity contribution in [3.63, 3.8) is 0 Å². The van der Waals surface area contributed by atoms with Crippen molar-refractivity contribution in [3.05, 3.63) is 89.0 Å². The maximum Gasteiger partial charge on any atom is 0.573 e. The van der Waals surface area contributed by atoms with Gasteiger partial charge in [-0.3, -0.25) is 10.1 Å². The monoisotopic (exact) mass is 657 g/mol. The minimum absolute atomic E-state index is 0.293. The number of carboxylic acid groups (broad SMARTS) is 2. The van der Waals surface area contributed by atoms with E-state index in [4.69, 9.17) is 32.0 Å². The Morgan fingerprint density at radius 2 is 1.62 bits per heavy atom. The first-order chi connectivity index (χ1) is 20.9. The molecule has 1 aromatic heterocycles. The van der Waals surface area contributed by atoms with Gasteiger partial charge in [-0.25, -0.2) is 19.0 Å². The summed E-state index contributed by atoms with van der Waals surface area (Å²) in [4.78, 5) is 38.7. The minimum Gasteiger partial charge on any atom is -0.479 e. The summed E-state index contributed by atoms with van der Waals surface area (Å²) in [5.74, 6) is -4.68. The molecule has 1 fully saturated rings. The molecular weight excluding hydrogens is 630 g/mol. The molecule has 16 heteroatoms. The van der Waals surface area contributed by atoms with Crippen molar-refractivity contribution in [3.8, 4) is 5.75 Å². The van der Waals surface area contributed by atoms with Crippen molar-refractivity contribution in [1.29, 1.82) is 0 Å². The topological polar surface area (TPSA) is 170 Å². The number of nitrogens with zero attached hydrogens (tertiary/aromatic N) is 2. The highest BCUT2D eigenvalue weighted by atomic mass is 35.5. The second-order valence-electron chi connectivity index (χ2n) is 10.3. The number of carbonyl (C=O) groups is 3. The van der Waals surface area contributed by atoms with Crippen LogP contribution >= 0.6 is 11.6 Å². The van der Waals surface area contributed by atoms with Gasteiger partial charge in [0.2, 0.25) is 5.91 Å². The Hall–Kier alpha value is -4.31. The minimum atomic E-state index is -4.83.